The Morgan fingerprint density at radius 1 is 1.21 bits per heavy atom. The molecule has 0 unspecified atom stereocenters. The second-order valence-corrected chi connectivity index (χ2v) is 7.73. The summed E-state index contributed by atoms with van der Waals surface area (Å²) < 4.78 is 27.9. The molecule has 1 amide bonds. The zero-order valence-corrected chi connectivity index (χ0v) is 14.3. The highest BCUT2D eigenvalue weighted by atomic mass is 32.2. The Kier molecular flexibility index (Phi) is 4.47. The summed E-state index contributed by atoms with van der Waals surface area (Å²) in [6.07, 6.45) is 3.24. The Labute approximate surface area is 141 Å². The zero-order chi connectivity index (χ0) is 17.3. The number of likely N-dealkylation sites (tertiary alicyclic amines) is 1. The smallest absolute Gasteiger partial charge is 0.289 e. The van der Waals surface area contributed by atoms with Crippen LogP contribution in [0.5, 0.6) is 0 Å². The summed E-state index contributed by atoms with van der Waals surface area (Å²) in [5.41, 5.74) is 2.01. The second-order valence-electron chi connectivity index (χ2n) is 6.17. The molecule has 1 fully saturated rings. The van der Waals surface area contributed by atoms with Crippen LogP contribution in [-0.2, 0) is 10.0 Å². The lowest BCUT2D eigenvalue weighted by molar-refractivity contribution is 0.0681. The predicted octanol–water partition coefficient (Wildman–Crippen LogP) is 2.26. The average molecular weight is 348 g/mol. The normalized spacial score (nSPS) is 16.3. The number of carbonyl (C=O) groups excluding carboxylic acids is 1. The molecule has 3 rings (SSSR count). The van der Waals surface area contributed by atoms with Crippen molar-refractivity contribution in [3.63, 3.8) is 0 Å². The lowest BCUT2D eigenvalue weighted by Crippen LogP contribution is -2.37. The minimum absolute atomic E-state index is 0.0777. The van der Waals surface area contributed by atoms with Gasteiger partial charge < -0.3 is 9.32 Å². The Hall–Kier alpha value is -2.12. The summed E-state index contributed by atoms with van der Waals surface area (Å²) in [5.74, 6) is 0.608. The Morgan fingerprint density at radius 2 is 1.83 bits per heavy atom. The first-order valence-electron chi connectivity index (χ1n) is 7.82. The van der Waals surface area contributed by atoms with Crippen LogP contribution in [0.15, 0.2) is 45.9 Å². The third-order valence-electron chi connectivity index (χ3n) is 4.40. The highest BCUT2D eigenvalue weighted by Gasteiger charge is 2.26. The van der Waals surface area contributed by atoms with Gasteiger partial charge in [0.05, 0.1) is 11.2 Å². The van der Waals surface area contributed by atoms with E-state index in [1.807, 2.05) is 6.92 Å². The number of nitrogens with two attached hydrogens (primary N) is 1. The summed E-state index contributed by atoms with van der Waals surface area (Å²) in [7, 11) is -3.66. The molecule has 1 aromatic heterocycles. The van der Waals surface area contributed by atoms with Gasteiger partial charge in [0, 0.05) is 13.1 Å². The van der Waals surface area contributed by atoms with Crippen LogP contribution in [-0.4, -0.2) is 32.3 Å². The fraction of sp³-hybridized carbons (Fsp3) is 0.353. The van der Waals surface area contributed by atoms with Crippen molar-refractivity contribution in [3.8, 4) is 0 Å². The zero-order valence-electron chi connectivity index (χ0n) is 13.4. The van der Waals surface area contributed by atoms with E-state index < -0.39 is 10.0 Å². The largest absolute Gasteiger partial charge is 0.459 e. The quantitative estimate of drug-likeness (QED) is 0.920. The van der Waals surface area contributed by atoms with Gasteiger partial charge in [-0.1, -0.05) is 12.1 Å². The number of nitrogens with zero attached hydrogens (tertiary/aromatic N) is 1. The van der Waals surface area contributed by atoms with Crippen LogP contribution in [0.2, 0.25) is 0 Å². The fourth-order valence-corrected chi connectivity index (χ4v) is 3.56. The van der Waals surface area contributed by atoms with Crippen LogP contribution in [0.1, 0.15) is 40.4 Å². The molecule has 24 heavy (non-hydrogen) atoms. The van der Waals surface area contributed by atoms with Crippen LogP contribution in [0, 0.1) is 6.92 Å². The van der Waals surface area contributed by atoms with Crippen molar-refractivity contribution >= 4 is 15.9 Å². The summed E-state index contributed by atoms with van der Waals surface area (Å²) in [4.78, 5) is 14.3. The Balaban J connectivity index is 1.63. The molecule has 0 radical (unpaired) electrons. The minimum Gasteiger partial charge on any atom is -0.459 e. The third-order valence-corrected chi connectivity index (χ3v) is 5.33. The number of piperidine rings is 1. The van der Waals surface area contributed by atoms with E-state index in [0.717, 1.165) is 24.0 Å². The highest BCUT2D eigenvalue weighted by Crippen LogP contribution is 2.29. The number of amides is 1. The molecule has 0 saturated carbocycles. The van der Waals surface area contributed by atoms with Gasteiger partial charge in [0.15, 0.2) is 5.76 Å². The molecule has 0 aliphatic carbocycles. The molecule has 1 aromatic carbocycles. The Morgan fingerprint density at radius 3 is 2.33 bits per heavy atom. The summed E-state index contributed by atoms with van der Waals surface area (Å²) in [6.45, 7) is 3.19. The van der Waals surface area contributed by atoms with Crippen molar-refractivity contribution in [2.45, 2.75) is 30.6 Å². The SMILES string of the molecule is Cc1coc(C(=O)N2CCC(c3ccc(S(N)(=O)=O)cc3)CC2)c1. The van der Waals surface area contributed by atoms with Crippen molar-refractivity contribution in [2.75, 3.05) is 13.1 Å². The van der Waals surface area contributed by atoms with Gasteiger partial charge in [0.25, 0.3) is 5.91 Å². The van der Waals surface area contributed by atoms with Gasteiger partial charge in [-0.15, -0.1) is 0 Å². The number of hydrogen-bond acceptors (Lipinski definition) is 4. The number of rotatable bonds is 3. The van der Waals surface area contributed by atoms with Gasteiger partial charge >= 0.3 is 0 Å². The molecule has 2 aromatic rings. The monoisotopic (exact) mass is 348 g/mol. The molecule has 0 bridgehead atoms. The lowest BCUT2D eigenvalue weighted by atomic mass is 9.89. The average Bonchev–Trinajstić information content (AvgIpc) is 3.00. The van der Waals surface area contributed by atoms with Crippen LogP contribution >= 0.6 is 0 Å². The van der Waals surface area contributed by atoms with Gasteiger partial charge in [-0.2, -0.15) is 0 Å². The van der Waals surface area contributed by atoms with E-state index in [1.165, 1.54) is 12.1 Å². The van der Waals surface area contributed by atoms with Crippen LogP contribution in [0.25, 0.3) is 0 Å². The molecule has 7 heteroatoms. The van der Waals surface area contributed by atoms with E-state index in [4.69, 9.17) is 9.56 Å². The number of sulfonamides is 1. The molecule has 2 N–H and O–H groups in total. The molecule has 6 nitrogen and oxygen atoms in total. The summed E-state index contributed by atoms with van der Waals surface area (Å²) in [6, 6.07) is 8.43. The third kappa shape index (κ3) is 3.52. The molecule has 1 aliphatic heterocycles. The summed E-state index contributed by atoms with van der Waals surface area (Å²) >= 11 is 0. The van der Waals surface area contributed by atoms with Gasteiger partial charge in [-0.05, 0) is 55.0 Å². The maximum Gasteiger partial charge on any atom is 0.289 e. The van der Waals surface area contributed by atoms with Crippen molar-refractivity contribution < 1.29 is 17.6 Å². The van der Waals surface area contributed by atoms with E-state index >= 15 is 0 Å². The van der Waals surface area contributed by atoms with Crippen LogP contribution < -0.4 is 5.14 Å². The van der Waals surface area contributed by atoms with Crippen molar-refractivity contribution in [1.82, 2.24) is 4.90 Å². The van der Waals surface area contributed by atoms with Crippen molar-refractivity contribution in [3.05, 3.63) is 53.5 Å². The lowest BCUT2D eigenvalue weighted by Gasteiger charge is -2.31. The number of carbonyl (C=O) groups is 1. The number of hydrogen-bond donors (Lipinski definition) is 1. The maximum absolute atomic E-state index is 12.4. The van der Waals surface area contributed by atoms with Crippen molar-refractivity contribution in [1.29, 1.82) is 0 Å². The number of furan rings is 1. The molecule has 1 saturated heterocycles. The molecule has 0 spiro atoms. The van der Waals surface area contributed by atoms with Crippen LogP contribution in [0.4, 0.5) is 0 Å². The number of aryl methyl sites for hydroxylation is 1. The van der Waals surface area contributed by atoms with Crippen molar-refractivity contribution in [2.24, 2.45) is 5.14 Å². The Bertz CT molecular complexity index is 832. The van der Waals surface area contributed by atoms with Crippen LogP contribution in [0.3, 0.4) is 0 Å². The van der Waals surface area contributed by atoms with E-state index in [-0.39, 0.29) is 10.8 Å². The van der Waals surface area contributed by atoms with Gasteiger partial charge in [0.2, 0.25) is 10.0 Å². The number of primary sulfonamides is 1. The van der Waals surface area contributed by atoms with Gasteiger partial charge in [-0.3, -0.25) is 4.79 Å². The predicted molar refractivity (Wildman–Crippen MR) is 89.1 cm³/mol. The molecule has 1 aliphatic rings. The molecular formula is C17H20N2O4S. The molecule has 2 heterocycles. The topological polar surface area (TPSA) is 93.6 Å². The summed E-state index contributed by atoms with van der Waals surface area (Å²) in [5, 5.41) is 5.11. The fourth-order valence-electron chi connectivity index (χ4n) is 3.04. The van der Waals surface area contributed by atoms with Gasteiger partial charge in [-0.25, -0.2) is 13.6 Å². The minimum atomic E-state index is -3.66. The van der Waals surface area contributed by atoms with E-state index in [1.54, 1.807) is 29.4 Å². The first kappa shape index (κ1) is 16.7. The second kappa shape index (κ2) is 6.41. The van der Waals surface area contributed by atoms with E-state index in [9.17, 15) is 13.2 Å². The standard InChI is InChI=1S/C17H20N2O4S/c1-12-10-16(23-11-12)17(20)19-8-6-14(7-9-19)13-2-4-15(5-3-13)24(18,21)22/h2-5,10-11,14H,6-9H2,1H3,(H2,18,21,22). The van der Waals surface area contributed by atoms with E-state index in [2.05, 4.69) is 0 Å². The first-order valence-corrected chi connectivity index (χ1v) is 9.36. The maximum atomic E-state index is 12.4. The highest BCUT2D eigenvalue weighted by molar-refractivity contribution is 7.89. The molecular weight excluding hydrogens is 328 g/mol. The number of benzene rings is 1. The molecule has 128 valence electrons. The van der Waals surface area contributed by atoms with Gasteiger partial charge in [0.1, 0.15) is 0 Å². The van der Waals surface area contributed by atoms with E-state index in [0.29, 0.717) is 24.8 Å². The first-order chi connectivity index (χ1) is 11.3. The molecule has 0 atom stereocenters.